The molecule has 2 atom stereocenters. The molecule has 2 aromatic carbocycles. The van der Waals surface area contributed by atoms with E-state index in [0.717, 1.165) is 22.4 Å². The number of carbonyl (C=O) groups excluding carboxylic acids is 1. The molecule has 0 spiro atoms. The van der Waals surface area contributed by atoms with Gasteiger partial charge in [-0.05, 0) is 36.6 Å². The number of Topliss-reactive ketones (excluding diaryl/α,β-unsaturated/α-hetero) is 1. The van der Waals surface area contributed by atoms with Crippen LogP contribution in [-0.2, 0) is 5.41 Å². The van der Waals surface area contributed by atoms with Crippen LogP contribution in [0.4, 0.5) is 0 Å². The van der Waals surface area contributed by atoms with Gasteiger partial charge in [0.05, 0.1) is 13.0 Å². The van der Waals surface area contributed by atoms with Gasteiger partial charge >= 0.3 is 0 Å². The molecule has 0 fully saturated rings. The monoisotopic (exact) mass is 304 g/mol. The van der Waals surface area contributed by atoms with E-state index < -0.39 is 0 Å². The zero-order chi connectivity index (χ0) is 16.4. The summed E-state index contributed by atoms with van der Waals surface area (Å²) < 4.78 is 5.62. The van der Waals surface area contributed by atoms with Crippen LogP contribution in [0.25, 0.3) is 5.57 Å². The van der Waals surface area contributed by atoms with E-state index in [1.165, 1.54) is 16.7 Å². The Morgan fingerprint density at radius 1 is 1.00 bits per heavy atom. The maximum Gasteiger partial charge on any atom is 0.171 e. The molecule has 0 unspecified atom stereocenters. The number of rotatable bonds is 1. The molecule has 4 rings (SSSR count). The summed E-state index contributed by atoms with van der Waals surface area (Å²) in [5, 5.41) is 0. The fourth-order valence-corrected chi connectivity index (χ4v) is 4.54. The number of allylic oxidation sites excluding steroid dienone is 2. The summed E-state index contributed by atoms with van der Waals surface area (Å²) in [5.74, 6) is 0.863. The van der Waals surface area contributed by atoms with Gasteiger partial charge in [0.1, 0.15) is 5.75 Å². The van der Waals surface area contributed by atoms with Crippen molar-refractivity contribution in [3.63, 3.8) is 0 Å². The van der Waals surface area contributed by atoms with Crippen LogP contribution in [0.3, 0.4) is 0 Å². The van der Waals surface area contributed by atoms with Gasteiger partial charge in [-0.25, -0.2) is 0 Å². The van der Waals surface area contributed by atoms with Crippen molar-refractivity contribution < 1.29 is 9.53 Å². The number of methoxy groups -OCH3 is 1. The Kier molecular flexibility index (Phi) is 2.84. The van der Waals surface area contributed by atoms with E-state index in [4.69, 9.17) is 4.74 Å². The molecule has 0 aromatic heterocycles. The number of carbonyl (C=O) groups is 1. The zero-order valence-electron chi connectivity index (χ0n) is 13.9. The number of ketones is 1. The van der Waals surface area contributed by atoms with Gasteiger partial charge in [-0.2, -0.15) is 0 Å². The van der Waals surface area contributed by atoms with Crippen LogP contribution in [0.5, 0.6) is 5.75 Å². The quantitative estimate of drug-likeness (QED) is 0.760. The Balaban J connectivity index is 2.13. The lowest BCUT2D eigenvalue weighted by molar-refractivity contribution is 0.0952. The number of hydrogen-bond donors (Lipinski definition) is 0. The van der Waals surface area contributed by atoms with Crippen LogP contribution in [0.1, 0.15) is 53.7 Å². The lowest BCUT2D eigenvalue weighted by Gasteiger charge is -2.40. The van der Waals surface area contributed by atoms with Crippen molar-refractivity contribution in [3.05, 3.63) is 70.3 Å². The number of benzene rings is 2. The summed E-state index contributed by atoms with van der Waals surface area (Å²) in [6.45, 7) is 6.51. The predicted molar refractivity (Wildman–Crippen MR) is 92.1 cm³/mol. The van der Waals surface area contributed by atoms with E-state index >= 15 is 0 Å². The minimum absolute atomic E-state index is 0.159. The van der Waals surface area contributed by atoms with Gasteiger partial charge in [-0.1, -0.05) is 48.9 Å². The number of ether oxygens (including phenoxy) is 1. The molecule has 2 aromatic rings. The molecule has 116 valence electrons. The largest absolute Gasteiger partial charge is 0.496 e. The topological polar surface area (TPSA) is 26.3 Å². The van der Waals surface area contributed by atoms with Crippen molar-refractivity contribution in [1.82, 2.24) is 0 Å². The Morgan fingerprint density at radius 2 is 1.70 bits per heavy atom. The highest BCUT2D eigenvalue weighted by molar-refractivity contribution is 6.10. The highest BCUT2D eigenvalue weighted by Crippen LogP contribution is 2.59. The molecule has 2 aliphatic rings. The molecular formula is C21H20O2. The Hall–Kier alpha value is -2.35. The number of fused-ring (bicyclic) bond motifs is 5. The van der Waals surface area contributed by atoms with Gasteiger partial charge in [-0.3, -0.25) is 4.79 Å². The second-order valence-corrected chi connectivity index (χ2v) is 6.72. The maximum atomic E-state index is 13.2. The van der Waals surface area contributed by atoms with Gasteiger partial charge in [0, 0.05) is 16.5 Å². The highest BCUT2D eigenvalue weighted by Gasteiger charge is 2.54. The molecule has 2 aliphatic carbocycles. The second kappa shape index (κ2) is 4.58. The van der Waals surface area contributed by atoms with E-state index in [-0.39, 0.29) is 17.1 Å². The highest BCUT2D eigenvalue weighted by atomic mass is 16.5. The minimum atomic E-state index is -0.336. The average Bonchev–Trinajstić information content (AvgIpc) is 2.82. The van der Waals surface area contributed by atoms with E-state index in [2.05, 4.69) is 32.9 Å². The molecule has 2 heteroatoms. The summed E-state index contributed by atoms with van der Waals surface area (Å²) in [5.41, 5.74) is 6.39. The first-order valence-electron chi connectivity index (χ1n) is 8.00. The fourth-order valence-electron chi connectivity index (χ4n) is 4.54. The van der Waals surface area contributed by atoms with E-state index in [9.17, 15) is 4.79 Å². The average molecular weight is 304 g/mol. The first-order chi connectivity index (χ1) is 11.0. The van der Waals surface area contributed by atoms with E-state index in [0.29, 0.717) is 0 Å². The van der Waals surface area contributed by atoms with Crippen LogP contribution >= 0.6 is 0 Å². The second-order valence-electron chi connectivity index (χ2n) is 6.72. The molecule has 0 N–H and O–H groups in total. The van der Waals surface area contributed by atoms with Gasteiger partial charge in [0.15, 0.2) is 5.78 Å². The van der Waals surface area contributed by atoms with Gasteiger partial charge in [0.2, 0.25) is 0 Å². The third kappa shape index (κ3) is 1.56. The zero-order valence-corrected chi connectivity index (χ0v) is 13.9. The summed E-state index contributed by atoms with van der Waals surface area (Å²) in [6.07, 6.45) is 0. The maximum absolute atomic E-state index is 13.2. The van der Waals surface area contributed by atoms with Crippen molar-refractivity contribution in [3.8, 4) is 5.75 Å². The van der Waals surface area contributed by atoms with Crippen LogP contribution in [0.2, 0.25) is 0 Å². The summed E-state index contributed by atoms with van der Waals surface area (Å²) in [4.78, 5) is 13.2. The van der Waals surface area contributed by atoms with Crippen LogP contribution in [0.15, 0.2) is 48.0 Å². The molecule has 0 bridgehead atoms. The first kappa shape index (κ1) is 14.3. The Bertz CT molecular complexity index is 875. The van der Waals surface area contributed by atoms with Crippen LogP contribution in [-0.4, -0.2) is 12.9 Å². The predicted octanol–water partition coefficient (Wildman–Crippen LogP) is 4.74. The lowest BCUT2D eigenvalue weighted by atomic mass is 9.62. The standard InChI is InChI=1S/C21H20O2/c1-12-13(2)21(3)18-16(10-7-11-17(18)23-4)20(22)19(21)15-9-6-5-8-14(12)15/h5-11,19H,1-4H3/t19-,21+/m1/s1. The van der Waals surface area contributed by atoms with E-state index in [1.54, 1.807) is 7.11 Å². The minimum Gasteiger partial charge on any atom is -0.496 e. The first-order valence-corrected chi connectivity index (χ1v) is 8.00. The summed E-state index contributed by atoms with van der Waals surface area (Å²) in [7, 11) is 1.68. The SMILES string of the molecule is COc1cccc2c1[C@]1(C)C(C)=C(C)c3ccccc3[C@@H]1C2=O. The molecule has 0 aliphatic heterocycles. The van der Waals surface area contributed by atoms with Crippen LogP contribution in [0, 0.1) is 0 Å². The van der Waals surface area contributed by atoms with E-state index in [1.807, 2.05) is 30.3 Å². The van der Waals surface area contributed by atoms with Gasteiger partial charge in [0.25, 0.3) is 0 Å². The van der Waals surface area contributed by atoms with Crippen molar-refractivity contribution >= 4 is 11.4 Å². The molecule has 0 radical (unpaired) electrons. The van der Waals surface area contributed by atoms with Crippen molar-refractivity contribution in [2.45, 2.75) is 32.1 Å². The third-order valence-electron chi connectivity index (χ3n) is 5.89. The summed E-state index contributed by atoms with van der Waals surface area (Å²) in [6, 6.07) is 14.1. The van der Waals surface area contributed by atoms with Crippen molar-refractivity contribution in [2.24, 2.45) is 0 Å². The molecule has 2 nitrogen and oxygen atoms in total. The van der Waals surface area contributed by atoms with Crippen molar-refractivity contribution in [1.29, 1.82) is 0 Å². The number of hydrogen-bond acceptors (Lipinski definition) is 2. The smallest absolute Gasteiger partial charge is 0.171 e. The molecule has 0 amide bonds. The summed E-state index contributed by atoms with van der Waals surface area (Å²) >= 11 is 0. The molecule has 0 heterocycles. The van der Waals surface area contributed by atoms with Gasteiger partial charge in [-0.15, -0.1) is 0 Å². The fraction of sp³-hybridized carbons (Fsp3) is 0.286. The lowest BCUT2D eigenvalue weighted by Crippen LogP contribution is -2.34. The molecule has 0 saturated heterocycles. The molecular weight excluding hydrogens is 284 g/mol. The van der Waals surface area contributed by atoms with Gasteiger partial charge < -0.3 is 4.74 Å². The van der Waals surface area contributed by atoms with Crippen LogP contribution < -0.4 is 4.74 Å². The Morgan fingerprint density at radius 3 is 2.43 bits per heavy atom. The van der Waals surface area contributed by atoms with Crippen molar-refractivity contribution in [2.75, 3.05) is 7.11 Å². The molecule has 0 saturated carbocycles. The third-order valence-corrected chi connectivity index (χ3v) is 5.89. The molecule has 23 heavy (non-hydrogen) atoms. The normalized spacial score (nSPS) is 25.0. The Labute approximate surface area is 136 Å².